The maximum absolute atomic E-state index is 12.9. The van der Waals surface area contributed by atoms with Gasteiger partial charge in [-0.25, -0.2) is 4.52 Å². The molecule has 0 spiro atoms. The molecule has 9 nitrogen and oxygen atoms in total. The molecule has 164 valence electrons. The number of nitrogen functional groups attached to an aromatic ring is 1. The van der Waals surface area contributed by atoms with Crippen LogP contribution in [0.5, 0.6) is 0 Å². The van der Waals surface area contributed by atoms with Crippen molar-refractivity contribution in [3.8, 4) is 11.1 Å². The molecule has 0 fully saturated rings. The van der Waals surface area contributed by atoms with Crippen LogP contribution in [0.1, 0.15) is 60.9 Å². The van der Waals surface area contributed by atoms with E-state index in [1.54, 1.807) is 0 Å². The first-order valence-electron chi connectivity index (χ1n) is 11.0. The highest BCUT2D eigenvalue weighted by Crippen LogP contribution is 2.32. The van der Waals surface area contributed by atoms with Crippen molar-refractivity contribution in [3.05, 3.63) is 59.8 Å². The molecule has 32 heavy (non-hydrogen) atoms. The van der Waals surface area contributed by atoms with Crippen LogP contribution in [0.25, 0.3) is 16.8 Å². The topological polar surface area (TPSA) is 116 Å². The molecule has 5 rings (SSSR count). The van der Waals surface area contributed by atoms with Crippen LogP contribution in [0, 0.1) is 0 Å². The van der Waals surface area contributed by atoms with Gasteiger partial charge in [-0.2, -0.15) is 10.1 Å². The fourth-order valence-corrected chi connectivity index (χ4v) is 4.24. The molecule has 4 aromatic heterocycles. The number of amides is 1. The van der Waals surface area contributed by atoms with Crippen molar-refractivity contribution in [2.75, 3.05) is 5.73 Å². The molecule has 0 saturated heterocycles. The Morgan fingerprint density at radius 1 is 1.34 bits per heavy atom. The molecule has 2 atom stereocenters. The van der Waals surface area contributed by atoms with Gasteiger partial charge in [0, 0.05) is 29.7 Å². The molecule has 0 aliphatic heterocycles. The largest absolute Gasteiger partial charge is 0.366 e. The van der Waals surface area contributed by atoms with E-state index in [2.05, 4.69) is 31.5 Å². The number of carbonyl (C=O) groups excluding carboxylic acids is 1. The van der Waals surface area contributed by atoms with Crippen molar-refractivity contribution in [3.63, 3.8) is 0 Å². The maximum Gasteiger partial charge on any atom is 0.270 e. The van der Waals surface area contributed by atoms with Crippen molar-refractivity contribution in [2.24, 2.45) is 0 Å². The molecule has 1 aliphatic carbocycles. The van der Waals surface area contributed by atoms with Gasteiger partial charge in [-0.05, 0) is 61.9 Å². The van der Waals surface area contributed by atoms with Crippen molar-refractivity contribution in [1.82, 2.24) is 34.7 Å². The van der Waals surface area contributed by atoms with E-state index in [4.69, 9.17) is 5.73 Å². The van der Waals surface area contributed by atoms with E-state index in [0.29, 0.717) is 11.3 Å². The van der Waals surface area contributed by atoms with Gasteiger partial charge in [0.05, 0.1) is 12.2 Å². The number of aromatic nitrogens is 6. The monoisotopic (exact) mass is 430 g/mol. The second kappa shape index (κ2) is 8.07. The summed E-state index contributed by atoms with van der Waals surface area (Å²) in [5, 5.41) is 11.9. The summed E-state index contributed by atoms with van der Waals surface area (Å²) in [6.45, 7) is 3.99. The Hall–Kier alpha value is -3.75. The summed E-state index contributed by atoms with van der Waals surface area (Å²) in [6, 6.07) is 8.01. The number of aryl methyl sites for hydroxylation is 1. The highest BCUT2D eigenvalue weighted by molar-refractivity contribution is 5.95. The number of pyridine rings is 2. The van der Waals surface area contributed by atoms with E-state index >= 15 is 0 Å². The third-order valence-corrected chi connectivity index (χ3v) is 6.11. The predicted molar refractivity (Wildman–Crippen MR) is 121 cm³/mol. The fraction of sp³-hybridized carbons (Fsp3) is 0.348. The summed E-state index contributed by atoms with van der Waals surface area (Å²) in [5.41, 5.74) is 10.9. The molecule has 9 heteroatoms. The lowest BCUT2D eigenvalue weighted by molar-refractivity contribution is 0.0932. The van der Waals surface area contributed by atoms with E-state index in [9.17, 15) is 4.79 Å². The minimum Gasteiger partial charge on any atom is -0.366 e. The SMILES string of the molecule is CCC(C)NC(=O)c1cc(-c2cnn(C3CCCc4ncccc43)c2)cc2nc(N)nn12. The fourth-order valence-electron chi connectivity index (χ4n) is 4.24. The number of fused-ring (bicyclic) bond motifs is 2. The number of hydrogen-bond donors (Lipinski definition) is 2. The van der Waals surface area contributed by atoms with Crippen LogP contribution in [0.4, 0.5) is 5.95 Å². The lowest BCUT2D eigenvalue weighted by atomic mass is 9.91. The van der Waals surface area contributed by atoms with Crippen LogP contribution in [-0.2, 0) is 6.42 Å². The summed E-state index contributed by atoms with van der Waals surface area (Å²) >= 11 is 0. The zero-order valence-corrected chi connectivity index (χ0v) is 18.2. The van der Waals surface area contributed by atoms with Crippen LogP contribution in [0.15, 0.2) is 42.9 Å². The second-order valence-corrected chi connectivity index (χ2v) is 8.31. The highest BCUT2D eigenvalue weighted by atomic mass is 16.2. The first-order chi connectivity index (χ1) is 15.5. The van der Waals surface area contributed by atoms with Gasteiger partial charge in [0.1, 0.15) is 5.69 Å². The number of nitrogens with one attached hydrogen (secondary N) is 1. The Kier molecular flexibility index (Phi) is 5.08. The molecule has 0 bridgehead atoms. The molecular weight excluding hydrogens is 404 g/mol. The average Bonchev–Trinajstić information content (AvgIpc) is 3.44. The average molecular weight is 431 g/mol. The van der Waals surface area contributed by atoms with Gasteiger partial charge in [-0.3, -0.25) is 14.5 Å². The van der Waals surface area contributed by atoms with Gasteiger partial charge in [-0.1, -0.05) is 13.0 Å². The summed E-state index contributed by atoms with van der Waals surface area (Å²) in [7, 11) is 0. The number of nitrogens with two attached hydrogens (primary N) is 1. The van der Waals surface area contributed by atoms with E-state index in [1.165, 1.54) is 10.1 Å². The number of rotatable bonds is 5. The van der Waals surface area contributed by atoms with Gasteiger partial charge in [0.2, 0.25) is 5.95 Å². The first kappa shape index (κ1) is 20.2. The third kappa shape index (κ3) is 3.59. The maximum atomic E-state index is 12.9. The Balaban J connectivity index is 1.54. The number of anilines is 1. The Labute approximate surface area is 185 Å². The number of nitrogens with zero attached hydrogens (tertiary/aromatic N) is 6. The zero-order valence-electron chi connectivity index (χ0n) is 18.2. The minimum absolute atomic E-state index is 0.0461. The van der Waals surface area contributed by atoms with Gasteiger partial charge < -0.3 is 11.1 Å². The zero-order chi connectivity index (χ0) is 22.2. The van der Waals surface area contributed by atoms with Crippen LogP contribution in [-0.4, -0.2) is 41.3 Å². The number of hydrogen-bond acceptors (Lipinski definition) is 6. The van der Waals surface area contributed by atoms with Gasteiger partial charge in [-0.15, -0.1) is 5.10 Å². The van der Waals surface area contributed by atoms with Crippen molar-refractivity contribution in [2.45, 2.75) is 51.6 Å². The summed E-state index contributed by atoms with van der Waals surface area (Å²) in [6.07, 6.45) is 9.62. The summed E-state index contributed by atoms with van der Waals surface area (Å²) in [4.78, 5) is 21.8. The van der Waals surface area contributed by atoms with E-state index in [0.717, 1.165) is 42.5 Å². The van der Waals surface area contributed by atoms with Gasteiger partial charge >= 0.3 is 0 Å². The van der Waals surface area contributed by atoms with E-state index < -0.39 is 0 Å². The lowest BCUT2D eigenvalue weighted by Gasteiger charge is -2.24. The van der Waals surface area contributed by atoms with Crippen LogP contribution in [0.2, 0.25) is 0 Å². The molecule has 0 radical (unpaired) electrons. The summed E-state index contributed by atoms with van der Waals surface area (Å²) in [5.74, 6) is -0.0856. The molecule has 0 aromatic carbocycles. The molecule has 3 N–H and O–H groups in total. The standard InChI is InChI=1S/C23H26N8O/c1-3-14(2)27-22(32)20-10-15(11-21-28-23(24)29-31(20)21)16-12-26-30(13-16)19-8-4-7-18-17(19)6-5-9-25-18/h5-6,9-14,19H,3-4,7-8H2,1-2H3,(H2,24,29)(H,27,32). The molecule has 0 saturated carbocycles. The molecule has 4 aromatic rings. The Morgan fingerprint density at radius 3 is 3.06 bits per heavy atom. The molecule has 2 unspecified atom stereocenters. The van der Waals surface area contributed by atoms with Crippen LogP contribution < -0.4 is 11.1 Å². The second-order valence-electron chi connectivity index (χ2n) is 8.31. The van der Waals surface area contributed by atoms with E-state index in [-0.39, 0.29) is 23.9 Å². The summed E-state index contributed by atoms with van der Waals surface area (Å²) < 4.78 is 3.49. The minimum atomic E-state index is -0.212. The van der Waals surface area contributed by atoms with E-state index in [1.807, 2.05) is 55.3 Å². The van der Waals surface area contributed by atoms with Crippen molar-refractivity contribution < 1.29 is 4.79 Å². The molecule has 4 heterocycles. The molecule has 1 amide bonds. The quantitative estimate of drug-likeness (QED) is 0.503. The normalized spacial score (nSPS) is 16.6. The third-order valence-electron chi connectivity index (χ3n) is 6.11. The smallest absolute Gasteiger partial charge is 0.270 e. The van der Waals surface area contributed by atoms with Crippen molar-refractivity contribution >= 4 is 17.5 Å². The lowest BCUT2D eigenvalue weighted by Crippen LogP contribution is -2.33. The van der Waals surface area contributed by atoms with Crippen LogP contribution in [0.3, 0.4) is 0 Å². The highest BCUT2D eigenvalue weighted by Gasteiger charge is 2.24. The Morgan fingerprint density at radius 2 is 2.22 bits per heavy atom. The van der Waals surface area contributed by atoms with Gasteiger partial charge in [0.25, 0.3) is 5.91 Å². The molecular formula is C23H26N8O. The molecule has 1 aliphatic rings. The first-order valence-corrected chi connectivity index (χ1v) is 11.0. The van der Waals surface area contributed by atoms with Crippen LogP contribution >= 0.6 is 0 Å². The van der Waals surface area contributed by atoms with Gasteiger partial charge in [0.15, 0.2) is 5.65 Å². The number of carbonyl (C=O) groups is 1. The Bertz CT molecular complexity index is 1290. The van der Waals surface area contributed by atoms with Crippen molar-refractivity contribution in [1.29, 1.82) is 0 Å². The predicted octanol–water partition coefficient (Wildman–Crippen LogP) is 3.02.